The SMILES string of the molecule is COc1ccccc1N1CCN(C[C@H](O)COCC[C@@H]2C[C@H]3CC[C@H]2C3)CC1. The summed E-state index contributed by atoms with van der Waals surface area (Å²) in [6, 6.07) is 8.20. The number of fused-ring (bicyclic) bond motifs is 2. The van der Waals surface area contributed by atoms with Crippen LogP contribution in [0.25, 0.3) is 0 Å². The fourth-order valence-electron chi connectivity index (χ4n) is 5.60. The second-order valence-corrected chi connectivity index (χ2v) is 8.91. The summed E-state index contributed by atoms with van der Waals surface area (Å²) in [5.41, 5.74) is 1.16. The van der Waals surface area contributed by atoms with E-state index < -0.39 is 6.10 Å². The van der Waals surface area contributed by atoms with Gasteiger partial charge in [-0.2, -0.15) is 0 Å². The molecular weight excluding hydrogens is 352 g/mol. The zero-order valence-corrected chi connectivity index (χ0v) is 17.3. The Labute approximate surface area is 169 Å². The van der Waals surface area contributed by atoms with Crippen LogP contribution in [0, 0.1) is 17.8 Å². The fourth-order valence-corrected chi connectivity index (χ4v) is 5.60. The lowest BCUT2D eigenvalue weighted by Crippen LogP contribution is -2.49. The summed E-state index contributed by atoms with van der Waals surface area (Å²) < 4.78 is 11.3. The average molecular weight is 389 g/mol. The van der Waals surface area contributed by atoms with Crippen molar-refractivity contribution in [3.8, 4) is 5.75 Å². The molecule has 4 rings (SSSR count). The van der Waals surface area contributed by atoms with Gasteiger partial charge in [-0.05, 0) is 55.6 Å². The van der Waals surface area contributed by atoms with Gasteiger partial charge in [-0.15, -0.1) is 0 Å². The Morgan fingerprint density at radius 3 is 2.64 bits per heavy atom. The first-order valence-electron chi connectivity index (χ1n) is 11.1. The monoisotopic (exact) mass is 388 g/mol. The van der Waals surface area contributed by atoms with Crippen LogP contribution >= 0.6 is 0 Å². The number of para-hydroxylation sites is 2. The Bertz CT molecular complexity index is 618. The second-order valence-electron chi connectivity index (χ2n) is 8.91. The lowest BCUT2D eigenvalue weighted by molar-refractivity contribution is 0.0100. The highest BCUT2D eigenvalue weighted by atomic mass is 16.5. The first kappa shape index (κ1) is 20.0. The molecule has 5 heteroatoms. The van der Waals surface area contributed by atoms with Gasteiger partial charge in [0.25, 0.3) is 0 Å². The van der Waals surface area contributed by atoms with Gasteiger partial charge in [0.2, 0.25) is 0 Å². The van der Waals surface area contributed by atoms with Crippen molar-refractivity contribution in [3.63, 3.8) is 0 Å². The van der Waals surface area contributed by atoms with E-state index in [0.29, 0.717) is 13.2 Å². The van der Waals surface area contributed by atoms with Crippen LogP contribution in [0.4, 0.5) is 5.69 Å². The molecule has 1 saturated heterocycles. The number of hydrogen-bond acceptors (Lipinski definition) is 5. The molecule has 0 unspecified atom stereocenters. The molecule has 1 heterocycles. The van der Waals surface area contributed by atoms with E-state index in [9.17, 15) is 5.11 Å². The van der Waals surface area contributed by atoms with Gasteiger partial charge < -0.3 is 19.5 Å². The molecule has 2 saturated carbocycles. The molecule has 0 aromatic heterocycles. The summed E-state index contributed by atoms with van der Waals surface area (Å²) in [4.78, 5) is 4.71. The van der Waals surface area contributed by atoms with Crippen LogP contribution in [0.3, 0.4) is 0 Å². The van der Waals surface area contributed by atoms with Crippen molar-refractivity contribution in [2.75, 3.05) is 57.9 Å². The molecule has 3 fully saturated rings. The number of aliphatic hydroxyl groups excluding tert-OH is 1. The normalized spacial score (nSPS) is 28.6. The average Bonchev–Trinajstić information content (AvgIpc) is 3.35. The molecule has 0 spiro atoms. The van der Waals surface area contributed by atoms with E-state index in [2.05, 4.69) is 21.9 Å². The van der Waals surface area contributed by atoms with E-state index in [4.69, 9.17) is 9.47 Å². The molecule has 3 aliphatic rings. The number of benzene rings is 1. The van der Waals surface area contributed by atoms with Gasteiger partial charge in [0.05, 0.1) is 25.5 Å². The van der Waals surface area contributed by atoms with Crippen molar-refractivity contribution in [1.82, 2.24) is 4.90 Å². The lowest BCUT2D eigenvalue weighted by atomic mass is 9.87. The summed E-state index contributed by atoms with van der Waals surface area (Å²) in [6.07, 6.45) is 6.59. The molecule has 0 radical (unpaired) electrons. The van der Waals surface area contributed by atoms with Crippen molar-refractivity contribution >= 4 is 5.69 Å². The van der Waals surface area contributed by atoms with Crippen LogP contribution in [0.5, 0.6) is 5.75 Å². The number of methoxy groups -OCH3 is 1. The minimum Gasteiger partial charge on any atom is -0.495 e. The molecule has 1 aromatic rings. The standard InChI is InChI=1S/C23H36N2O3/c1-27-23-5-3-2-4-22(23)25-11-9-24(10-12-25)16-21(26)17-28-13-8-20-15-18-6-7-19(20)14-18/h2-5,18-21,26H,6-17H2,1H3/t18-,19-,20+,21-/m0/s1. The number of β-amino-alcohol motifs (C(OH)–C–C–N with tert-alkyl or cyclic N) is 1. The third kappa shape index (κ3) is 4.81. The molecule has 0 amide bonds. The minimum atomic E-state index is -0.391. The minimum absolute atomic E-state index is 0.391. The zero-order valence-electron chi connectivity index (χ0n) is 17.3. The quantitative estimate of drug-likeness (QED) is 0.659. The number of nitrogens with zero attached hydrogens (tertiary/aromatic N) is 2. The highest BCUT2D eigenvalue weighted by Crippen LogP contribution is 2.49. The van der Waals surface area contributed by atoms with Gasteiger partial charge in [-0.25, -0.2) is 0 Å². The molecule has 1 aromatic carbocycles. The van der Waals surface area contributed by atoms with Crippen LogP contribution in [0.1, 0.15) is 32.1 Å². The fraction of sp³-hybridized carbons (Fsp3) is 0.739. The summed E-state index contributed by atoms with van der Waals surface area (Å²) >= 11 is 0. The molecular formula is C23H36N2O3. The van der Waals surface area contributed by atoms with Crippen molar-refractivity contribution in [2.24, 2.45) is 17.8 Å². The summed E-state index contributed by atoms with van der Waals surface area (Å²) in [6.45, 7) is 5.81. The Kier molecular flexibility index (Phi) is 6.76. The van der Waals surface area contributed by atoms with Crippen LogP contribution in [-0.4, -0.2) is 69.2 Å². The topological polar surface area (TPSA) is 45.2 Å². The first-order chi connectivity index (χ1) is 13.7. The first-order valence-corrected chi connectivity index (χ1v) is 11.1. The predicted octanol–water partition coefficient (Wildman–Crippen LogP) is 3.02. The van der Waals surface area contributed by atoms with E-state index in [-0.39, 0.29) is 0 Å². The van der Waals surface area contributed by atoms with E-state index in [0.717, 1.165) is 62.0 Å². The van der Waals surface area contributed by atoms with Crippen molar-refractivity contribution in [2.45, 2.75) is 38.2 Å². The Morgan fingerprint density at radius 1 is 1.11 bits per heavy atom. The van der Waals surface area contributed by atoms with Crippen LogP contribution < -0.4 is 9.64 Å². The number of rotatable bonds is 9. The van der Waals surface area contributed by atoms with Gasteiger partial charge in [-0.3, -0.25) is 4.90 Å². The van der Waals surface area contributed by atoms with Gasteiger partial charge in [0.15, 0.2) is 0 Å². The molecule has 4 atom stereocenters. The van der Waals surface area contributed by atoms with Gasteiger partial charge in [0, 0.05) is 39.3 Å². The van der Waals surface area contributed by atoms with E-state index in [1.165, 1.54) is 32.1 Å². The summed E-state index contributed by atoms with van der Waals surface area (Å²) in [5.74, 6) is 3.80. The van der Waals surface area contributed by atoms with Gasteiger partial charge >= 0.3 is 0 Å². The largest absolute Gasteiger partial charge is 0.495 e. The maximum atomic E-state index is 10.4. The summed E-state index contributed by atoms with van der Waals surface area (Å²) in [7, 11) is 1.72. The van der Waals surface area contributed by atoms with Crippen LogP contribution in [0.15, 0.2) is 24.3 Å². The molecule has 5 nitrogen and oxygen atoms in total. The third-order valence-corrected chi connectivity index (χ3v) is 7.09. The number of hydrogen-bond donors (Lipinski definition) is 1. The Morgan fingerprint density at radius 2 is 1.93 bits per heavy atom. The predicted molar refractivity (Wildman–Crippen MR) is 112 cm³/mol. The second kappa shape index (κ2) is 9.47. The highest BCUT2D eigenvalue weighted by molar-refractivity contribution is 5.58. The number of aliphatic hydroxyl groups is 1. The van der Waals surface area contributed by atoms with Crippen LogP contribution in [-0.2, 0) is 4.74 Å². The molecule has 1 aliphatic heterocycles. The Balaban J connectivity index is 1.12. The molecule has 156 valence electrons. The van der Waals surface area contributed by atoms with E-state index in [1.54, 1.807) is 7.11 Å². The Hall–Kier alpha value is -1.30. The van der Waals surface area contributed by atoms with Crippen molar-refractivity contribution in [3.05, 3.63) is 24.3 Å². The highest BCUT2D eigenvalue weighted by Gasteiger charge is 2.38. The van der Waals surface area contributed by atoms with Gasteiger partial charge in [0.1, 0.15) is 5.75 Å². The maximum absolute atomic E-state index is 10.4. The number of ether oxygens (including phenoxy) is 2. The zero-order chi connectivity index (χ0) is 19.3. The van der Waals surface area contributed by atoms with E-state index in [1.807, 2.05) is 12.1 Å². The van der Waals surface area contributed by atoms with Gasteiger partial charge in [-0.1, -0.05) is 18.6 Å². The number of piperazine rings is 1. The smallest absolute Gasteiger partial charge is 0.142 e. The maximum Gasteiger partial charge on any atom is 0.142 e. The number of anilines is 1. The van der Waals surface area contributed by atoms with Crippen LogP contribution in [0.2, 0.25) is 0 Å². The molecule has 2 bridgehead atoms. The lowest BCUT2D eigenvalue weighted by Gasteiger charge is -2.37. The molecule has 28 heavy (non-hydrogen) atoms. The third-order valence-electron chi connectivity index (χ3n) is 7.09. The van der Waals surface area contributed by atoms with Crippen molar-refractivity contribution in [1.29, 1.82) is 0 Å². The van der Waals surface area contributed by atoms with Crippen molar-refractivity contribution < 1.29 is 14.6 Å². The van der Waals surface area contributed by atoms with E-state index >= 15 is 0 Å². The summed E-state index contributed by atoms with van der Waals surface area (Å²) in [5, 5.41) is 10.4. The molecule has 2 aliphatic carbocycles. The molecule has 1 N–H and O–H groups in total.